The molecule has 5 rings (SSSR count). The van der Waals surface area contributed by atoms with Crippen molar-refractivity contribution >= 4 is 17.4 Å². The first-order valence-corrected chi connectivity index (χ1v) is 11.2. The number of hydroxylamine groups is 2. The van der Waals surface area contributed by atoms with E-state index in [0.29, 0.717) is 29.3 Å². The van der Waals surface area contributed by atoms with Crippen molar-refractivity contribution in [2.75, 3.05) is 19.5 Å². The van der Waals surface area contributed by atoms with Crippen LogP contribution in [-0.4, -0.2) is 31.0 Å². The van der Waals surface area contributed by atoms with E-state index in [-0.39, 0.29) is 17.7 Å². The van der Waals surface area contributed by atoms with Crippen molar-refractivity contribution in [3.63, 3.8) is 0 Å². The number of carbonyl (C=O) groups excluding carboxylic acids is 2. The molecule has 0 bridgehead atoms. The van der Waals surface area contributed by atoms with Crippen LogP contribution in [0.2, 0.25) is 0 Å². The third-order valence-electron chi connectivity index (χ3n) is 6.42. The van der Waals surface area contributed by atoms with E-state index in [0.717, 1.165) is 16.7 Å². The number of hydrogen-bond acceptors (Lipinski definition) is 6. The number of carbonyl (C=O) groups is 2. The molecule has 0 radical (unpaired) electrons. The van der Waals surface area contributed by atoms with Crippen molar-refractivity contribution in [3.05, 3.63) is 89.0 Å². The number of hydrogen-bond donors (Lipinski definition) is 1. The standard InChI is InChI=1S/C27H26N2O5/c1-16(30)28-20-11-7-10-19-23(20)26(31)24-25(18-8-5-4-6-9-18)29(34-27(19)24)15-17-12-13-21(32-2)22(14-17)33-3/h4-14,24-25,27H,15H2,1-3H3,(H,28,30)/t24-,25-,27+/m0/s1. The van der Waals surface area contributed by atoms with Crippen LogP contribution in [0.4, 0.5) is 5.69 Å². The molecule has 1 N–H and O–H groups in total. The van der Waals surface area contributed by atoms with Gasteiger partial charge in [-0.2, -0.15) is 5.06 Å². The number of fused-ring (bicyclic) bond motifs is 3. The fraction of sp³-hybridized carbons (Fsp3) is 0.259. The molecule has 0 saturated carbocycles. The Bertz CT molecular complexity index is 1240. The lowest BCUT2D eigenvalue weighted by Crippen LogP contribution is -2.27. The second kappa shape index (κ2) is 8.93. The van der Waals surface area contributed by atoms with E-state index in [9.17, 15) is 9.59 Å². The summed E-state index contributed by atoms with van der Waals surface area (Å²) >= 11 is 0. The average Bonchev–Trinajstić information content (AvgIpc) is 3.34. The summed E-state index contributed by atoms with van der Waals surface area (Å²) in [5, 5.41) is 4.69. The maximum atomic E-state index is 13.8. The summed E-state index contributed by atoms with van der Waals surface area (Å²) in [6.45, 7) is 1.90. The van der Waals surface area contributed by atoms with E-state index in [4.69, 9.17) is 14.3 Å². The highest BCUT2D eigenvalue weighted by Crippen LogP contribution is 2.54. The van der Waals surface area contributed by atoms with Gasteiger partial charge in [-0.3, -0.25) is 14.4 Å². The molecule has 3 atom stereocenters. The van der Waals surface area contributed by atoms with E-state index < -0.39 is 12.0 Å². The van der Waals surface area contributed by atoms with Crippen LogP contribution in [0.1, 0.15) is 46.1 Å². The normalized spacial score (nSPS) is 21.1. The molecule has 1 aliphatic heterocycles. The number of amides is 1. The summed E-state index contributed by atoms with van der Waals surface area (Å²) in [7, 11) is 3.21. The monoisotopic (exact) mass is 458 g/mol. The minimum absolute atomic E-state index is 0.0204. The summed E-state index contributed by atoms with van der Waals surface area (Å²) < 4.78 is 10.8. The molecule has 0 aromatic heterocycles. The molecule has 0 unspecified atom stereocenters. The van der Waals surface area contributed by atoms with Crippen LogP contribution in [0, 0.1) is 5.92 Å². The Morgan fingerprint density at radius 3 is 2.47 bits per heavy atom. The van der Waals surface area contributed by atoms with Crippen molar-refractivity contribution in [1.82, 2.24) is 5.06 Å². The molecule has 34 heavy (non-hydrogen) atoms. The fourth-order valence-corrected chi connectivity index (χ4v) is 5.01. The summed E-state index contributed by atoms with van der Waals surface area (Å²) in [6, 6.07) is 20.9. The molecule has 1 aliphatic carbocycles. The Kier molecular flexibility index (Phi) is 5.81. The highest BCUT2D eigenvalue weighted by atomic mass is 16.7. The van der Waals surface area contributed by atoms with E-state index in [1.54, 1.807) is 20.3 Å². The van der Waals surface area contributed by atoms with E-state index in [1.807, 2.05) is 65.7 Å². The molecular weight excluding hydrogens is 432 g/mol. The number of benzene rings is 3. The summed E-state index contributed by atoms with van der Waals surface area (Å²) in [6.07, 6.45) is -0.429. The van der Waals surface area contributed by atoms with Crippen molar-refractivity contribution in [2.24, 2.45) is 5.92 Å². The molecule has 0 spiro atoms. The number of rotatable bonds is 6. The number of ether oxygens (including phenoxy) is 2. The zero-order chi connectivity index (χ0) is 23.8. The minimum Gasteiger partial charge on any atom is -0.493 e. The maximum absolute atomic E-state index is 13.8. The molecular formula is C27H26N2O5. The van der Waals surface area contributed by atoms with E-state index in [1.165, 1.54) is 6.92 Å². The van der Waals surface area contributed by atoms with Gasteiger partial charge in [0.2, 0.25) is 5.91 Å². The number of nitrogens with zero attached hydrogens (tertiary/aromatic N) is 1. The van der Waals surface area contributed by atoms with Crippen LogP contribution in [0.5, 0.6) is 11.5 Å². The van der Waals surface area contributed by atoms with Gasteiger partial charge in [-0.25, -0.2) is 0 Å². The first-order chi connectivity index (χ1) is 16.5. The van der Waals surface area contributed by atoms with Gasteiger partial charge in [0.15, 0.2) is 17.3 Å². The highest BCUT2D eigenvalue weighted by molar-refractivity contribution is 6.10. The molecule has 7 nitrogen and oxygen atoms in total. The zero-order valence-electron chi connectivity index (χ0n) is 19.3. The molecule has 1 amide bonds. The quantitative estimate of drug-likeness (QED) is 0.577. The van der Waals surface area contributed by atoms with Gasteiger partial charge in [-0.15, -0.1) is 0 Å². The first-order valence-electron chi connectivity index (χ1n) is 11.2. The number of nitrogens with one attached hydrogen (secondary N) is 1. The average molecular weight is 459 g/mol. The fourth-order valence-electron chi connectivity index (χ4n) is 5.01. The Morgan fingerprint density at radius 1 is 1.00 bits per heavy atom. The summed E-state index contributed by atoms with van der Waals surface area (Å²) in [5.74, 6) is 0.631. The lowest BCUT2D eigenvalue weighted by molar-refractivity contribution is -0.172. The summed E-state index contributed by atoms with van der Waals surface area (Å²) in [5.41, 5.74) is 3.85. The van der Waals surface area contributed by atoms with Gasteiger partial charge in [0.1, 0.15) is 6.10 Å². The third-order valence-corrected chi connectivity index (χ3v) is 6.42. The smallest absolute Gasteiger partial charge is 0.221 e. The number of ketones is 1. The Hall–Kier alpha value is -3.68. The second-order valence-corrected chi connectivity index (χ2v) is 8.49. The number of Topliss-reactive ketones (excluding diaryl/α,β-unsaturated/α-hetero) is 1. The van der Waals surface area contributed by atoms with Crippen LogP contribution < -0.4 is 14.8 Å². The van der Waals surface area contributed by atoms with Crippen LogP contribution in [-0.2, 0) is 16.2 Å². The van der Waals surface area contributed by atoms with Gasteiger partial charge in [-0.05, 0) is 34.9 Å². The Labute approximate surface area is 198 Å². The number of methoxy groups -OCH3 is 2. The molecule has 1 fully saturated rings. The van der Waals surface area contributed by atoms with Crippen molar-refractivity contribution in [1.29, 1.82) is 0 Å². The van der Waals surface area contributed by atoms with Gasteiger partial charge < -0.3 is 14.8 Å². The predicted molar refractivity (Wildman–Crippen MR) is 127 cm³/mol. The Balaban J connectivity index is 1.54. The van der Waals surface area contributed by atoms with E-state index in [2.05, 4.69) is 5.32 Å². The maximum Gasteiger partial charge on any atom is 0.221 e. The van der Waals surface area contributed by atoms with E-state index >= 15 is 0 Å². The zero-order valence-corrected chi connectivity index (χ0v) is 19.3. The Morgan fingerprint density at radius 2 is 1.76 bits per heavy atom. The van der Waals surface area contributed by atoms with Gasteiger partial charge in [0, 0.05) is 19.0 Å². The van der Waals surface area contributed by atoms with Crippen molar-refractivity contribution in [3.8, 4) is 11.5 Å². The van der Waals surface area contributed by atoms with Crippen LogP contribution in [0.15, 0.2) is 66.7 Å². The molecule has 1 saturated heterocycles. The van der Waals surface area contributed by atoms with Gasteiger partial charge in [0.25, 0.3) is 0 Å². The topological polar surface area (TPSA) is 77.1 Å². The van der Waals surface area contributed by atoms with Crippen molar-refractivity contribution in [2.45, 2.75) is 25.6 Å². The molecule has 1 heterocycles. The minimum atomic E-state index is -0.429. The molecule has 7 heteroatoms. The number of anilines is 1. The highest BCUT2D eigenvalue weighted by Gasteiger charge is 2.54. The second-order valence-electron chi connectivity index (χ2n) is 8.49. The predicted octanol–water partition coefficient (Wildman–Crippen LogP) is 4.70. The molecule has 2 aliphatic rings. The molecule has 3 aromatic rings. The first kappa shape index (κ1) is 22.1. The van der Waals surface area contributed by atoms with Gasteiger partial charge >= 0.3 is 0 Å². The lowest BCUT2D eigenvalue weighted by atomic mass is 9.89. The lowest BCUT2D eigenvalue weighted by Gasteiger charge is -2.26. The van der Waals surface area contributed by atoms with Crippen LogP contribution in [0.3, 0.4) is 0 Å². The van der Waals surface area contributed by atoms with Crippen LogP contribution in [0.25, 0.3) is 0 Å². The van der Waals surface area contributed by atoms with Gasteiger partial charge in [0.05, 0.1) is 31.9 Å². The largest absolute Gasteiger partial charge is 0.493 e. The molecule has 174 valence electrons. The third kappa shape index (κ3) is 3.73. The van der Waals surface area contributed by atoms with Crippen LogP contribution >= 0.6 is 0 Å². The summed E-state index contributed by atoms with van der Waals surface area (Å²) in [4.78, 5) is 31.9. The van der Waals surface area contributed by atoms with Gasteiger partial charge in [-0.1, -0.05) is 48.5 Å². The van der Waals surface area contributed by atoms with Crippen molar-refractivity contribution < 1.29 is 23.9 Å². The SMILES string of the molecule is COc1ccc(CN2O[C@@H]3c4cccc(NC(C)=O)c4C(=O)[C@@H]3[C@@H]2c2ccccc2)cc1OC. The molecule has 3 aromatic carbocycles.